The maximum Gasteiger partial charge on any atom is 0.227 e. The van der Waals surface area contributed by atoms with Crippen LogP contribution < -0.4 is 4.90 Å². The van der Waals surface area contributed by atoms with Crippen molar-refractivity contribution in [2.75, 3.05) is 11.4 Å². The van der Waals surface area contributed by atoms with E-state index in [1.54, 1.807) is 0 Å². The number of carbonyl (C=O) groups excluding carboxylic acids is 1. The summed E-state index contributed by atoms with van der Waals surface area (Å²) < 4.78 is 4.66. The summed E-state index contributed by atoms with van der Waals surface area (Å²) in [4.78, 5) is 19.8. The molecule has 1 amide bonds. The van der Waals surface area contributed by atoms with Crippen molar-refractivity contribution in [2.45, 2.75) is 18.9 Å². The van der Waals surface area contributed by atoms with E-state index in [2.05, 4.69) is 20.8 Å². The van der Waals surface area contributed by atoms with E-state index in [0.717, 1.165) is 34.1 Å². The van der Waals surface area contributed by atoms with Gasteiger partial charge in [-0.05, 0) is 48.6 Å². The van der Waals surface area contributed by atoms with E-state index in [1.807, 2.05) is 88.3 Å². The molecule has 1 fully saturated rings. The highest BCUT2D eigenvalue weighted by molar-refractivity contribution is 7.71. The first kappa shape index (κ1) is 20.6. The van der Waals surface area contributed by atoms with Crippen molar-refractivity contribution in [1.82, 2.24) is 24.3 Å². The van der Waals surface area contributed by atoms with E-state index >= 15 is 0 Å². The van der Waals surface area contributed by atoms with Crippen molar-refractivity contribution in [1.29, 1.82) is 0 Å². The van der Waals surface area contributed by atoms with Crippen molar-refractivity contribution in [3.63, 3.8) is 0 Å². The van der Waals surface area contributed by atoms with Crippen LogP contribution in [-0.2, 0) is 11.3 Å². The topological polar surface area (TPSA) is 71.7 Å². The molecule has 1 saturated heterocycles. The molecule has 1 unspecified atom stereocenters. The van der Waals surface area contributed by atoms with Crippen molar-refractivity contribution in [2.24, 2.45) is 0 Å². The van der Waals surface area contributed by atoms with Crippen LogP contribution in [0.3, 0.4) is 0 Å². The highest BCUT2D eigenvalue weighted by Crippen LogP contribution is 2.33. The van der Waals surface area contributed by atoms with E-state index in [0.29, 0.717) is 24.3 Å². The Hall–Kier alpha value is -4.04. The van der Waals surface area contributed by atoms with Gasteiger partial charge in [0.1, 0.15) is 5.82 Å². The summed E-state index contributed by atoms with van der Waals surface area (Å²) in [5.74, 6) is 1.76. The van der Waals surface area contributed by atoms with Crippen LogP contribution in [0.25, 0.3) is 16.7 Å². The Morgan fingerprint density at radius 3 is 2.35 bits per heavy atom. The molecule has 0 saturated carbocycles. The number of carbonyl (C=O) groups is 1. The van der Waals surface area contributed by atoms with Crippen molar-refractivity contribution < 1.29 is 4.79 Å². The lowest BCUT2D eigenvalue weighted by Gasteiger charge is -2.17. The van der Waals surface area contributed by atoms with E-state index < -0.39 is 0 Å². The molecule has 6 rings (SSSR count). The van der Waals surface area contributed by atoms with Gasteiger partial charge in [0, 0.05) is 30.3 Å². The maximum atomic E-state index is 12.9. The van der Waals surface area contributed by atoms with Gasteiger partial charge < -0.3 is 9.47 Å². The predicted octanol–water partition coefficient (Wildman–Crippen LogP) is 4.85. The van der Waals surface area contributed by atoms with Gasteiger partial charge in [0.15, 0.2) is 10.6 Å². The number of fused-ring (bicyclic) bond motifs is 1. The van der Waals surface area contributed by atoms with Gasteiger partial charge in [0.05, 0.1) is 17.6 Å². The lowest BCUT2D eigenvalue weighted by molar-refractivity contribution is -0.117. The molecular weight excluding hydrogens is 444 g/mol. The third-order valence-electron chi connectivity index (χ3n) is 6.30. The molecule has 0 bridgehead atoms. The van der Waals surface area contributed by atoms with Crippen LogP contribution in [0.15, 0.2) is 84.9 Å². The summed E-state index contributed by atoms with van der Waals surface area (Å²) in [6.07, 6.45) is 0.420. The standard InChI is InChI=1S/C26H22N6OS/c33-24-15-18(16-30(24)19-9-3-1-4-10-19)25-27-21-13-7-8-14-22(21)31(25)17-23-28-29-26(34)32(23)20-11-5-2-6-12-20/h1-14,18H,15-17H2,(H,29,34). The zero-order valence-electron chi connectivity index (χ0n) is 18.3. The Labute approximate surface area is 201 Å². The van der Waals surface area contributed by atoms with Gasteiger partial charge in [0.2, 0.25) is 5.91 Å². The normalized spacial score (nSPS) is 15.9. The van der Waals surface area contributed by atoms with Gasteiger partial charge >= 0.3 is 0 Å². The number of aromatic nitrogens is 5. The van der Waals surface area contributed by atoms with Crippen LogP contribution in [0.5, 0.6) is 0 Å². The fourth-order valence-corrected chi connectivity index (χ4v) is 4.99. The van der Waals surface area contributed by atoms with E-state index in [9.17, 15) is 4.79 Å². The summed E-state index contributed by atoms with van der Waals surface area (Å²) in [7, 11) is 0. The van der Waals surface area contributed by atoms with Crippen LogP contribution in [0.2, 0.25) is 0 Å². The number of amides is 1. The van der Waals surface area contributed by atoms with Crippen LogP contribution in [-0.4, -0.2) is 36.8 Å². The Morgan fingerprint density at radius 2 is 1.59 bits per heavy atom. The smallest absolute Gasteiger partial charge is 0.227 e. The number of nitrogens with zero attached hydrogens (tertiary/aromatic N) is 5. The Bertz CT molecular complexity index is 1540. The molecule has 34 heavy (non-hydrogen) atoms. The molecule has 1 atom stereocenters. The zero-order chi connectivity index (χ0) is 23.1. The molecule has 3 heterocycles. The predicted molar refractivity (Wildman–Crippen MR) is 134 cm³/mol. The first-order valence-corrected chi connectivity index (χ1v) is 11.6. The first-order valence-electron chi connectivity index (χ1n) is 11.2. The number of aromatic amines is 1. The van der Waals surface area contributed by atoms with Crippen LogP contribution in [0, 0.1) is 4.77 Å². The minimum absolute atomic E-state index is 0.0211. The molecule has 0 radical (unpaired) electrons. The van der Waals surface area contributed by atoms with Crippen LogP contribution >= 0.6 is 12.2 Å². The number of para-hydroxylation sites is 4. The van der Waals surface area contributed by atoms with E-state index in [-0.39, 0.29) is 11.8 Å². The molecule has 0 aliphatic carbocycles. The fraction of sp³-hybridized carbons (Fsp3) is 0.154. The largest absolute Gasteiger partial charge is 0.320 e. The second-order valence-corrected chi connectivity index (χ2v) is 8.79. The number of nitrogens with one attached hydrogen (secondary N) is 1. The average Bonchev–Trinajstić information content (AvgIpc) is 3.55. The van der Waals surface area contributed by atoms with Crippen molar-refractivity contribution in [3.8, 4) is 5.69 Å². The average molecular weight is 467 g/mol. The quantitative estimate of drug-likeness (QED) is 0.376. The lowest BCUT2D eigenvalue weighted by atomic mass is 10.1. The monoisotopic (exact) mass is 466 g/mol. The minimum Gasteiger partial charge on any atom is -0.320 e. The first-order chi connectivity index (χ1) is 16.7. The SMILES string of the molecule is O=C1CC(c2nc3ccccc3n2Cc2n[nH]c(=S)n2-c2ccccc2)CN1c1ccccc1. The minimum atomic E-state index is -0.0211. The van der Waals surface area contributed by atoms with Gasteiger partial charge in [-0.2, -0.15) is 5.10 Å². The zero-order valence-corrected chi connectivity index (χ0v) is 19.2. The third kappa shape index (κ3) is 3.52. The molecular formula is C26H22N6OS. The van der Waals surface area contributed by atoms with Gasteiger partial charge in [-0.1, -0.05) is 48.5 Å². The number of benzene rings is 3. The number of hydrogen-bond acceptors (Lipinski definition) is 4. The summed E-state index contributed by atoms with van der Waals surface area (Å²) in [5.41, 5.74) is 3.79. The summed E-state index contributed by atoms with van der Waals surface area (Å²) >= 11 is 5.54. The Morgan fingerprint density at radius 1 is 0.912 bits per heavy atom. The van der Waals surface area contributed by atoms with Crippen molar-refractivity contribution in [3.05, 3.63) is 101 Å². The fourth-order valence-electron chi connectivity index (χ4n) is 4.73. The lowest BCUT2D eigenvalue weighted by Crippen LogP contribution is -2.24. The molecule has 1 aliphatic heterocycles. The Kier molecular flexibility index (Phi) is 5.07. The molecule has 8 heteroatoms. The van der Waals surface area contributed by atoms with Gasteiger partial charge in [-0.15, -0.1) is 0 Å². The van der Waals surface area contributed by atoms with Gasteiger partial charge in [-0.25, -0.2) is 4.98 Å². The Balaban J connectivity index is 1.42. The molecule has 3 aromatic carbocycles. The second kappa shape index (κ2) is 8.39. The molecule has 7 nitrogen and oxygen atoms in total. The van der Waals surface area contributed by atoms with Gasteiger partial charge in [0.25, 0.3) is 0 Å². The molecule has 1 N–H and O–H groups in total. The number of hydrogen-bond donors (Lipinski definition) is 1. The van der Waals surface area contributed by atoms with Crippen LogP contribution in [0.4, 0.5) is 5.69 Å². The number of H-pyrrole nitrogens is 1. The number of anilines is 1. The summed E-state index contributed by atoms with van der Waals surface area (Å²) in [6.45, 7) is 1.08. The molecule has 0 spiro atoms. The van der Waals surface area contributed by atoms with E-state index in [1.165, 1.54) is 0 Å². The van der Waals surface area contributed by atoms with E-state index in [4.69, 9.17) is 17.2 Å². The maximum absolute atomic E-state index is 12.9. The number of rotatable bonds is 5. The summed E-state index contributed by atoms with van der Waals surface area (Å²) in [5, 5.41) is 7.48. The molecule has 2 aromatic heterocycles. The molecule has 1 aliphatic rings. The highest BCUT2D eigenvalue weighted by atomic mass is 32.1. The van der Waals surface area contributed by atoms with Crippen molar-refractivity contribution >= 4 is 34.8 Å². The highest BCUT2D eigenvalue weighted by Gasteiger charge is 2.35. The van der Waals surface area contributed by atoms with Crippen LogP contribution in [0.1, 0.15) is 24.0 Å². The summed E-state index contributed by atoms with van der Waals surface area (Å²) in [6, 6.07) is 27.8. The third-order valence-corrected chi connectivity index (χ3v) is 6.57. The second-order valence-electron chi connectivity index (χ2n) is 8.40. The van der Waals surface area contributed by atoms with Gasteiger partial charge in [-0.3, -0.25) is 14.5 Å². The molecule has 5 aromatic rings. The molecule has 168 valence electrons. The number of imidazole rings is 1.